The van der Waals surface area contributed by atoms with Crippen molar-refractivity contribution in [3.8, 4) is 12.3 Å². The van der Waals surface area contributed by atoms with Crippen LogP contribution in [0.15, 0.2) is 0 Å². The topological polar surface area (TPSA) is 12.0 Å². The minimum atomic E-state index is -4.11. The summed E-state index contributed by atoms with van der Waals surface area (Å²) in [7, 11) is 0. The Morgan fingerprint density at radius 3 is 2.50 bits per heavy atom. The van der Waals surface area contributed by atoms with Crippen LogP contribution in [0.2, 0.25) is 0 Å². The fraction of sp³-hybridized carbons (Fsp3) is 0.800. The van der Waals surface area contributed by atoms with Crippen LogP contribution in [0.25, 0.3) is 0 Å². The lowest BCUT2D eigenvalue weighted by molar-refractivity contribution is -0.140. The van der Waals surface area contributed by atoms with Crippen LogP contribution in [0.1, 0.15) is 32.6 Å². The molecule has 0 fully saturated rings. The summed E-state index contributed by atoms with van der Waals surface area (Å²) in [5, 5.41) is 2.85. The first-order valence-corrected chi connectivity index (χ1v) is 4.73. The minimum Gasteiger partial charge on any atom is -0.314 e. The molecule has 0 heterocycles. The molecule has 0 rings (SSSR count). The smallest absolute Gasteiger partial charge is 0.314 e. The second-order valence-electron chi connectivity index (χ2n) is 3.21. The summed E-state index contributed by atoms with van der Waals surface area (Å²) in [6.07, 6.45) is 1.70. The zero-order valence-corrected chi connectivity index (χ0v) is 8.32. The van der Waals surface area contributed by atoms with E-state index in [1.54, 1.807) is 0 Å². The van der Waals surface area contributed by atoms with Gasteiger partial charge in [-0.2, -0.15) is 13.2 Å². The van der Waals surface area contributed by atoms with Gasteiger partial charge in [0, 0.05) is 12.5 Å². The highest BCUT2D eigenvalue weighted by Crippen LogP contribution is 2.23. The Labute approximate surface area is 83.1 Å². The molecule has 0 aromatic heterocycles. The van der Waals surface area contributed by atoms with E-state index in [1.807, 2.05) is 6.92 Å². The molecule has 0 saturated heterocycles. The molecule has 0 aliphatic rings. The molecule has 0 saturated carbocycles. The number of alkyl halides is 3. The van der Waals surface area contributed by atoms with E-state index in [1.165, 1.54) is 0 Å². The minimum absolute atomic E-state index is 0.385. The number of hydrogen-bond donors (Lipinski definition) is 1. The molecule has 0 aromatic rings. The summed E-state index contributed by atoms with van der Waals surface area (Å²) in [6, 6.07) is -0.536. The fourth-order valence-electron chi connectivity index (χ4n) is 1.16. The number of hydrogen-bond acceptors (Lipinski definition) is 1. The molecule has 0 aliphatic heterocycles. The van der Waals surface area contributed by atoms with Crippen molar-refractivity contribution in [1.82, 2.24) is 5.32 Å². The lowest BCUT2D eigenvalue weighted by Gasteiger charge is -2.18. The van der Waals surface area contributed by atoms with E-state index in [9.17, 15) is 13.2 Å². The highest BCUT2D eigenvalue weighted by atomic mass is 19.4. The molecule has 0 spiro atoms. The van der Waals surface area contributed by atoms with Crippen molar-refractivity contribution in [2.75, 3.05) is 6.54 Å². The molecule has 1 atom stereocenters. The molecule has 1 N–H and O–H groups in total. The van der Waals surface area contributed by atoms with E-state index in [0.29, 0.717) is 19.4 Å². The van der Waals surface area contributed by atoms with Gasteiger partial charge < -0.3 is 5.32 Å². The maximum atomic E-state index is 12.1. The molecule has 1 unspecified atom stereocenters. The van der Waals surface area contributed by atoms with Gasteiger partial charge in [-0.25, -0.2) is 0 Å². The molecule has 14 heavy (non-hydrogen) atoms. The summed E-state index contributed by atoms with van der Waals surface area (Å²) in [5.74, 6) is 2.35. The van der Waals surface area contributed by atoms with Crippen molar-refractivity contribution in [2.24, 2.45) is 0 Å². The maximum Gasteiger partial charge on any atom is 0.390 e. The standard InChI is InChI=1S/C10H16F3N/c1-3-5-6-9(14-7-4-2)8-10(11,12)13/h1,9,14H,4-8H2,2H3. The van der Waals surface area contributed by atoms with Gasteiger partial charge in [0.1, 0.15) is 0 Å². The van der Waals surface area contributed by atoms with E-state index in [2.05, 4.69) is 11.2 Å². The molecule has 0 amide bonds. The van der Waals surface area contributed by atoms with Gasteiger partial charge in [0.2, 0.25) is 0 Å². The van der Waals surface area contributed by atoms with Gasteiger partial charge in [-0.15, -0.1) is 12.3 Å². The normalized spacial score (nSPS) is 13.6. The Balaban J connectivity index is 3.91. The first-order chi connectivity index (χ1) is 6.49. The van der Waals surface area contributed by atoms with E-state index in [0.717, 1.165) is 6.42 Å². The molecule has 0 aromatic carbocycles. The van der Waals surface area contributed by atoms with E-state index >= 15 is 0 Å². The van der Waals surface area contributed by atoms with Gasteiger partial charge in [-0.05, 0) is 19.4 Å². The third-order valence-electron chi connectivity index (χ3n) is 1.80. The first kappa shape index (κ1) is 13.3. The van der Waals surface area contributed by atoms with E-state index in [-0.39, 0.29) is 0 Å². The van der Waals surface area contributed by atoms with Crippen LogP contribution in [0.3, 0.4) is 0 Å². The van der Waals surface area contributed by atoms with Gasteiger partial charge in [-0.1, -0.05) is 6.92 Å². The van der Waals surface area contributed by atoms with Crippen LogP contribution < -0.4 is 5.32 Å². The summed E-state index contributed by atoms with van der Waals surface area (Å²) >= 11 is 0. The molecular formula is C10H16F3N. The summed E-state index contributed by atoms with van der Waals surface area (Å²) in [5.41, 5.74) is 0. The largest absolute Gasteiger partial charge is 0.390 e. The average molecular weight is 207 g/mol. The maximum absolute atomic E-state index is 12.1. The highest BCUT2D eigenvalue weighted by Gasteiger charge is 2.31. The van der Waals surface area contributed by atoms with Crippen molar-refractivity contribution in [3.63, 3.8) is 0 Å². The number of halogens is 3. The SMILES string of the molecule is C#CCCC(CC(F)(F)F)NCCC. The fourth-order valence-corrected chi connectivity index (χ4v) is 1.16. The van der Waals surface area contributed by atoms with Gasteiger partial charge >= 0.3 is 6.18 Å². The zero-order chi connectivity index (χ0) is 11.0. The first-order valence-electron chi connectivity index (χ1n) is 4.73. The Morgan fingerprint density at radius 2 is 2.07 bits per heavy atom. The van der Waals surface area contributed by atoms with Crippen molar-refractivity contribution < 1.29 is 13.2 Å². The van der Waals surface area contributed by atoms with Crippen LogP contribution in [0, 0.1) is 12.3 Å². The molecular weight excluding hydrogens is 191 g/mol. The molecule has 0 aliphatic carbocycles. The Kier molecular flexibility index (Phi) is 6.39. The predicted molar refractivity (Wildman–Crippen MR) is 50.8 cm³/mol. The molecule has 0 bridgehead atoms. The third kappa shape index (κ3) is 7.93. The van der Waals surface area contributed by atoms with Crippen molar-refractivity contribution in [2.45, 2.75) is 44.8 Å². The van der Waals surface area contributed by atoms with Gasteiger partial charge in [0.05, 0.1) is 6.42 Å². The lowest BCUT2D eigenvalue weighted by atomic mass is 10.1. The second kappa shape index (κ2) is 6.72. The van der Waals surface area contributed by atoms with Crippen LogP contribution in [-0.2, 0) is 0 Å². The number of nitrogens with one attached hydrogen (secondary N) is 1. The van der Waals surface area contributed by atoms with Crippen molar-refractivity contribution in [1.29, 1.82) is 0 Å². The molecule has 4 heteroatoms. The van der Waals surface area contributed by atoms with E-state index in [4.69, 9.17) is 6.42 Å². The zero-order valence-electron chi connectivity index (χ0n) is 8.32. The Hall–Kier alpha value is -0.690. The monoisotopic (exact) mass is 207 g/mol. The Morgan fingerprint density at radius 1 is 1.43 bits per heavy atom. The van der Waals surface area contributed by atoms with Gasteiger partial charge in [0.25, 0.3) is 0 Å². The van der Waals surface area contributed by atoms with Gasteiger partial charge in [0.15, 0.2) is 0 Å². The average Bonchev–Trinajstić information content (AvgIpc) is 2.07. The van der Waals surface area contributed by atoms with E-state index < -0.39 is 18.6 Å². The summed E-state index contributed by atoms with van der Waals surface area (Å²) in [6.45, 7) is 2.52. The quantitative estimate of drug-likeness (QED) is 0.660. The number of terminal acetylenes is 1. The highest BCUT2D eigenvalue weighted by molar-refractivity contribution is 4.86. The van der Waals surface area contributed by atoms with Crippen molar-refractivity contribution in [3.05, 3.63) is 0 Å². The summed E-state index contributed by atoms with van der Waals surface area (Å²) < 4.78 is 36.2. The third-order valence-corrected chi connectivity index (χ3v) is 1.80. The second-order valence-corrected chi connectivity index (χ2v) is 3.21. The summed E-state index contributed by atoms with van der Waals surface area (Å²) in [4.78, 5) is 0. The Bertz CT molecular complexity index is 181. The van der Waals surface area contributed by atoms with Crippen LogP contribution in [0.5, 0.6) is 0 Å². The lowest BCUT2D eigenvalue weighted by Crippen LogP contribution is -2.34. The molecule has 1 nitrogen and oxygen atoms in total. The van der Waals surface area contributed by atoms with Crippen LogP contribution >= 0.6 is 0 Å². The number of rotatable bonds is 6. The molecule has 0 radical (unpaired) electrons. The van der Waals surface area contributed by atoms with Crippen molar-refractivity contribution >= 4 is 0 Å². The molecule has 82 valence electrons. The van der Waals surface area contributed by atoms with Gasteiger partial charge in [-0.3, -0.25) is 0 Å². The van der Waals surface area contributed by atoms with Crippen LogP contribution in [0.4, 0.5) is 13.2 Å². The predicted octanol–water partition coefficient (Wildman–Crippen LogP) is 2.72. The van der Waals surface area contributed by atoms with Crippen LogP contribution in [-0.4, -0.2) is 18.8 Å².